The number of rotatable bonds is 6. The number of amides is 1. The van der Waals surface area contributed by atoms with E-state index in [9.17, 15) is 4.79 Å². The number of hydrogen-bond acceptors (Lipinski definition) is 4. The fraction of sp³-hybridized carbons (Fsp3) is 0.941. The van der Waals surface area contributed by atoms with Crippen LogP contribution in [0.25, 0.3) is 0 Å². The highest BCUT2D eigenvalue weighted by Crippen LogP contribution is 2.22. The number of nitrogens with zero attached hydrogens (tertiary/aromatic N) is 2. The normalized spacial score (nSPS) is 22.9. The van der Waals surface area contributed by atoms with Gasteiger partial charge in [-0.15, -0.1) is 0 Å². The van der Waals surface area contributed by atoms with Crippen molar-refractivity contribution in [2.24, 2.45) is 0 Å². The first-order chi connectivity index (χ1) is 10.2. The van der Waals surface area contributed by atoms with Crippen LogP contribution in [0.5, 0.6) is 0 Å². The number of likely N-dealkylation sites (N-methyl/N-ethyl adjacent to an activating group) is 2. The molecule has 5 nitrogen and oxygen atoms in total. The van der Waals surface area contributed by atoms with E-state index in [-0.39, 0.29) is 12.1 Å². The molecule has 5 heteroatoms. The minimum absolute atomic E-state index is 0.262. The number of nitrogens with one attached hydrogen (secondary N) is 1. The lowest BCUT2D eigenvalue weighted by Crippen LogP contribution is -2.45. The molecule has 1 aliphatic carbocycles. The summed E-state index contributed by atoms with van der Waals surface area (Å²) in [5, 5.41) is 3.01. The molecule has 0 saturated heterocycles. The SMILES string of the molecule is CCN(C)CCN(C)C1CCC(NC(=O)OC(C)(C)C)CC1. The Morgan fingerprint density at radius 3 is 2.23 bits per heavy atom. The molecular weight excluding hydrogens is 278 g/mol. The maximum absolute atomic E-state index is 11.8. The number of ether oxygens (including phenoxy) is 1. The standard InChI is InChI=1S/C17H35N3O2/c1-7-19(5)12-13-20(6)15-10-8-14(9-11-15)18-16(21)22-17(2,3)4/h14-15H,7-13H2,1-6H3,(H,18,21). The lowest BCUT2D eigenvalue weighted by molar-refractivity contribution is 0.0480. The third kappa shape index (κ3) is 7.45. The second-order valence-corrected chi connectivity index (χ2v) is 7.53. The highest BCUT2D eigenvalue weighted by molar-refractivity contribution is 5.68. The fourth-order valence-electron chi connectivity index (χ4n) is 2.80. The Kier molecular flexibility index (Phi) is 7.63. The van der Waals surface area contributed by atoms with Gasteiger partial charge in [0.05, 0.1) is 0 Å². The molecule has 0 aromatic heterocycles. The largest absolute Gasteiger partial charge is 0.444 e. The van der Waals surface area contributed by atoms with Gasteiger partial charge in [-0.1, -0.05) is 6.92 Å². The molecule has 1 N–H and O–H groups in total. The Labute approximate surface area is 136 Å². The maximum Gasteiger partial charge on any atom is 0.407 e. The molecule has 0 aromatic rings. The monoisotopic (exact) mass is 313 g/mol. The Balaban J connectivity index is 2.26. The molecule has 0 aliphatic heterocycles. The summed E-state index contributed by atoms with van der Waals surface area (Å²) in [6.45, 7) is 11.2. The fourth-order valence-corrected chi connectivity index (χ4v) is 2.80. The van der Waals surface area contributed by atoms with Gasteiger partial charge < -0.3 is 19.9 Å². The maximum atomic E-state index is 11.8. The van der Waals surface area contributed by atoms with Gasteiger partial charge in [0.15, 0.2) is 0 Å². The molecule has 0 bridgehead atoms. The molecule has 0 heterocycles. The molecule has 0 spiro atoms. The van der Waals surface area contributed by atoms with Gasteiger partial charge in [0, 0.05) is 25.2 Å². The molecule has 1 aliphatic rings. The number of alkyl carbamates (subject to hydrolysis) is 1. The minimum Gasteiger partial charge on any atom is -0.444 e. The molecular formula is C17H35N3O2. The third-order valence-electron chi connectivity index (χ3n) is 4.42. The van der Waals surface area contributed by atoms with Crippen LogP contribution < -0.4 is 5.32 Å². The lowest BCUT2D eigenvalue weighted by Gasteiger charge is -2.35. The van der Waals surface area contributed by atoms with Crippen LogP contribution in [-0.2, 0) is 4.74 Å². The zero-order valence-electron chi connectivity index (χ0n) is 15.3. The average Bonchev–Trinajstić information content (AvgIpc) is 2.43. The Hall–Kier alpha value is -0.810. The van der Waals surface area contributed by atoms with Gasteiger partial charge >= 0.3 is 6.09 Å². The third-order valence-corrected chi connectivity index (χ3v) is 4.42. The van der Waals surface area contributed by atoms with Crippen molar-refractivity contribution in [3.05, 3.63) is 0 Å². The van der Waals surface area contributed by atoms with E-state index in [1.54, 1.807) is 0 Å². The molecule has 1 rings (SSSR count). The van der Waals surface area contributed by atoms with Gasteiger partial charge in [-0.05, 0) is 67.1 Å². The van der Waals surface area contributed by atoms with Crippen LogP contribution in [-0.4, -0.2) is 67.3 Å². The second kappa shape index (κ2) is 8.73. The lowest BCUT2D eigenvalue weighted by atomic mass is 9.90. The summed E-state index contributed by atoms with van der Waals surface area (Å²) < 4.78 is 5.33. The van der Waals surface area contributed by atoms with Crippen molar-refractivity contribution in [2.75, 3.05) is 33.7 Å². The predicted molar refractivity (Wildman–Crippen MR) is 91.2 cm³/mol. The van der Waals surface area contributed by atoms with Crippen molar-refractivity contribution >= 4 is 6.09 Å². The van der Waals surface area contributed by atoms with Crippen molar-refractivity contribution in [1.29, 1.82) is 0 Å². The van der Waals surface area contributed by atoms with Crippen LogP contribution in [0.4, 0.5) is 4.79 Å². The van der Waals surface area contributed by atoms with Gasteiger partial charge in [0.1, 0.15) is 5.60 Å². The summed E-state index contributed by atoms with van der Waals surface area (Å²) in [4.78, 5) is 16.6. The summed E-state index contributed by atoms with van der Waals surface area (Å²) in [5.41, 5.74) is -0.424. The molecule has 1 fully saturated rings. The van der Waals surface area contributed by atoms with Gasteiger partial charge in [-0.2, -0.15) is 0 Å². The zero-order chi connectivity index (χ0) is 16.8. The van der Waals surface area contributed by atoms with E-state index in [0.29, 0.717) is 6.04 Å². The van der Waals surface area contributed by atoms with Gasteiger partial charge in [-0.25, -0.2) is 4.79 Å². The van der Waals surface area contributed by atoms with E-state index in [2.05, 4.69) is 36.1 Å². The van der Waals surface area contributed by atoms with E-state index >= 15 is 0 Å². The van der Waals surface area contributed by atoms with E-state index in [4.69, 9.17) is 4.74 Å². The Bertz CT molecular complexity index is 333. The molecule has 130 valence electrons. The molecule has 1 saturated carbocycles. The first-order valence-electron chi connectivity index (χ1n) is 8.59. The van der Waals surface area contributed by atoms with E-state index in [1.807, 2.05) is 20.8 Å². The van der Waals surface area contributed by atoms with Crippen molar-refractivity contribution in [2.45, 2.75) is 71.1 Å². The van der Waals surface area contributed by atoms with Crippen molar-refractivity contribution in [1.82, 2.24) is 15.1 Å². The number of hydrogen-bond donors (Lipinski definition) is 1. The van der Waals surface area contributed by atoms with Crippen LogP contribution in [0.15, 0.2) is 0 Å². The molecule has 0 atom stereocenters. The van der Waals surface area contributed by atoms with E-state index in [1.165, 1.54) is 0 Å². The van der Waals surface area contributed by atoms with Crippen LogP contribution in [0, 0.1) is 0 Å². The topological polar surface area (TPSA) is 44.8 Å². The summed E-state index contributed by atoms with van der Waals surface area (Å²) in [6, 6.07) is 0.903. The molecule has 0 radical (unpaired) electrons. The van der Waals surface area contributed by atoms with Crippen molar-refractivity contribution in [3.8, 4) is 0 Å². The van der Waals surface area contributed by atoms with E-state index in [0.717, 1.165) is 45.3 Å². The van der Waals surface area contributed by atoms with Crippen LogP contribution in [0.1, 0.15) is 53.4 Å². The average molecular weight is 313 g/mol. The highest BCUT2D eigenvalue weighted by Gasteiger charge is 2.26. The van der Waals surface area contributed by atoms with Crippen LogP contribution >= 0.6 is 0 Å². The molecule has 0 unspecified atom stereocenters. The van der Waals surface area contributed by atoms with Gasteiger partial charge in [-0.3, -0.25) is 0 Å². The van der Waals surface area contributed by atoms with Crippen LogP contribution in [0.2, 0.25) is 0 Å². The summed E-state index contributed by atoms with van der Waals surface area (Å²) in [7, 11) is 4.38. The first-order valence-corrected chi connectivity index (χ1v) is 8.59. The van der Waals surface area contributed by atoms with Crippen LogP contribution in [0.3, 0.4) is 0 Å². The van der Waals surface area contributed by atoms with Gasteiger partial charge in [0.2, 0.25) is 0 Å². The second-order valence-electron chi connectivity index (χ2n) is 7.53. The van der Waals surface area contributed by atoms with Gasteiger partial charge in [0.25, 0.3) is 0 Å². The van der Waals surface area contributed by atoms with Crippen molar-refractivity contribution < 1.29 is 9.53 Å². The predicted octanol–water partition coefficient (Wildman–Crippen LogP) is 2.71. The molecule has 0 aromatic carbocycles. The van der Waals surface area contributed by atoms with E-state index < -0.39 is 5.60 Å². The molecule has 1 amide bonds. The number of carbonyl (C=O) groups excluding carboxylic acids is 1. The smallest absolute Gasteiger partial charge is 0.407 e. The zero-order valence-corrected chi connectivity index (χ0v) is 15.3. The minimum atomic E-state index is -0.424. The summed E-state index contributed by atoms with van der Waals surface area (Å²) >= 11 is 0. The molecule has 22 heavy (non-hydrogen) atoms. The first kappa shape index (κ1) is 19.2. The Morgan fingerprint density at radius 2 is 1.73 bits per heavy atom. The number of carbonyl (C=O) groups is 1. The summed E-state index contributed by atoms with van der Waals surface area (Å²) in [5.74, 6) is 0. The summed E-state index contributed by atoms with van der Waals surface area (Å²) in [6.07, 6.45) is 4.09. The quantitative estimate of drug-likeness (QED) is 0.819. The van der Waals surface area contributed by atoms with Crippen molar-refractivity contribution in [3.63, 3.8) is 0 Å². The highest BCUT2D eigenvalue weighted by atomic mass is 16.6. The Morgan fingerprint density at radius 1 is 1.14 bits per heavy atom.